The third-order valence-corrected chi connectivity index (χ3v) is 16.0. The maximum atomic E-state index is 14.5. The number of ketones is 2. The lowest BCUT2D eigenvalue weighted by molar-refractivity contribution is -0.139. The van der Waals surface area contributed by atoms with Gasteiger partial charge in [0.1, 0.15) is 60.7 Å². The first-order valence-corrected chi connectivity index (χ1v) is 33.6. The molecule has 516 valence electrons. The number of alkyl halides is 3. The number of hydrogen-bond donors (Lipinski definition) is 5. The van der Waals surface area contributed by atoms with Crippen LogP contribution < -0.4 is 20.1 Å². The first-order valence-electron chi connectivity index (χ1n) is 28.7. The van der Waals surface area contributed by atoms with Crippen molar-refractivity contribution in [2.24, 2.45) is 0 Å². The largest absolute Gasteiger partial charge is 0.510 e. The number of Topliss-reactive ketones (excluding diaryl/α,β-unsaturated/α-hetero) is 2. The van der Waals surface area contributed by atoms with Crippen LogP contribution in [0.1, 0.15) is 86.2 Å². The predicted octanol–water partition coefficient (Wildman–Crippen LogP) is 10.1. The van der Waals surface area contributed by atoms with Crippen molar-refractivity contribution in [3.63, 3.8) is 0 Å². The number of fused-ring (bicyclic) bond motifs is 2. The molecule has 0 aliphatic carbocycles. The van der Waals surface area contributed by atoms with Gasteiger partial charge in [-0.05, 0) is 77.9 Å². The number of likely N-dealkylation sites (tertiary alicyclic amines) is 2. The number of ether oxygens (including phenoxy) is 6. The molecule has 26 nitrogen and oxygen atoms in total. The number of rotatable bonds is 24. The second kappa shape index (κ2) is 34.2. The van der Waals surface area contributed by atoms with Crippen molar-refractivity contribution in [3.8, 4) is 11.5 Å². The molecule has 0 saturated carbocycles. The van der Waals surface area contributed by atoms with Gasteiger partial charge in [-0.3, -0.25) is 42.4 Å². The Hall–Kier alpha value is -7.79. The molecule has 2 saturated heterocycles. The van der Waals surface area contributed by atoms with Crippen LogP contribution >= 0.6 is 50.0 Å². The van der Waals surface area contributed by atoms with Crippen LogP contribution in [0.5, 0.6) is 11.5 Å². The van der Waals surface area contributed by atoms with Gasteiger partial charge in [0.15, 0.2) is 30.3 Å². The Morgan fingerprint density at radius 1 is 0.621 bits per heavy atom. The molecule has 6 aromatic rings. The number of nitrogens with one attached hydrogen (secondary N) is 2. The van der Waals surface area contributed by atoms with Gasteiger partial charge in [0.2, 0.25) is 30.4 Å². The molecular weight excluding hydrogens is 1370 g/mol. The summed E-state index contributed by atoms with van der Waals surface area (Å²) in [5, 5.41) is 5.76. The van der Waals surface area contributed by atoms with E-state index in [1.54, 1.807) is 27.7 Å². The number of hydrogen-bond acceptors (Lipinski definition) is 17. The van der Waals surface area contributed by atoms with Gasteiger partial charge in [-0.25, -0.2) is 27.2 Å². The van der Waals surface area contributed by atoms with E-state index in [4.69, 9.17) is 63.3 Å². The van der Waals surface area contributed by atoms with Crippen molar-refractivity contribution >= 4 is 119 Å². The van der Waals surface area contributed by atoms with E-state index in [0.717, 1.165) is 9.80 Å². The zero-order valence-electron chi connectivity index (χ0n) is 51.6. The summed E-state index contributed by atoms with van der Waals surface area (Å²) < 4.78 is 117. The number of benzene rings is 4. The number of carbonyl (C=O) groups excluding carboxylic acids is 8. The van der Waals surface area contributed by atoms with Crippen LogP contribution in [0.3, 0.4) is 0 Å². The van der Waals surface area contributed by atoms with Crippen LogP contribution in [0, 0.1) is 11.6 Å². The molecule has 5 atom stereocenters. The summed E-state index contributed by atoms with van der Waals surface area (Å²) in [4.78, 5) is 129. The van der Waals surface area contributed by atoms with Gasteiger partial charge in [0, 0.05) is 83.5 Å². The van der Waals surface area contributed by atoms with E-state index >= 15 is 0 Å². The molecule has 0 radical (unpaired) electrons. The van der Waals surface area contributed by atoms with Crippen molar-refractivity contribution in [3.05, 3.63) is 129 Å². The maximum absolute atomic E-state index is 14.5. The van der Waals surface area contributed by atoms with E-state index < -0.39 is 119 Å². The standard InChI is InChI=1S/C30H33ClF2N3O10P.C25H25ClF2N3O7P.C5H9ClO3/c1-17(2)46-30(40)43-15-45-47(41,42)16-44-21-7-8-22-23(18(3)37)13-35(25(22)10-21)14-27(38)36-12-20(32)9-26(36)29(39)34-11-19-5-4-6-24(31)28(19)33;1-14(32)19-11-30(21-8-17(5-6-18(19)21)38-13-39(35,36)37)12-23(33)31-10-16(27)7-22(31)25(34)29-9-15-3-2-4-20(26)24(15)28;1-4(2)9-5(7)8-3-6/h4-8,10,13,17,20,26H,9,11-12,14-16H2,1-3H3,(H,34,39)(H,41,42);2-6,8,11,16,22H,7,9-10,12-13H2,1H3,(H,29,34)(H2,35,36,37);4H,3H2,1-2H3/t20-,26+;16-,22+;/m11./s1. The second-order valence-electron chi connectivity index (χ2n) is 21.8. The van der Waals surface area contributed by atoms with Crippen LogP contribution in [-0.2, 0) is 78.0 Å². The smallest absolute Gasteiger partial charge is 0.481 e. The van der Waals surface area contributed by atoms with Gasteiger partial charge in [-0.1, -0.05) is 59.1 Å². The second-order valence-corrected chi connectivity index (χ2v) is 26.2. The fraction of sp³-hybridized carbons (Fsp3) is 0.400. The van der Waals surface area contributed by atoms with Gasteiger partial charge in [0.25, 0.3) is 0 Å². The maximum Gasteiger partial charge on any atom is 0.510 e. The summed E-state index contributed by atoms with van der Waals surface area (Å²) in [6.45, 7) is 6.61. The Bertz CT molecular complexity index is 3910. The molecule has 2 aliphatic heterocycles. The summed E-state index contributed by atoms with van der Waals surface area (Å²) in [5.41, 5.74) is 1.52. The van der Waals surface area contributed by atoms with Crippen molar-refractivity contribution in [2.45, 2.75) is 117 Å². The molecule has 4 aromatic carbocycles. The lowest BCUT2D eigenvalue weighted by Crippen LogP contribution is -2.46. The molecule has 4 amide bonds. The molecule has 1 unspecified atom stereocenters. The zero-order valence-corrected chi connectivity index (χ0v) is 55.7. The summed E-state index contributed by atoms with van der Waals surface area (Å²) in [5.74, 6) is -4.36. The highest BCUT2D eigenvalue weighted by molar-refractivity contribution is 7.52. The summed E-state index contributed by atoms with van der Waals surface area (Å²) in [7, 11) is -8.85. The first-order chi connectivity index (χ1) is 44.6. The van der Waals surface area contributed by atoms with E-state index in [2.05, 4.69) is 24.8 Å². The molecule has 2 aliphatic rings. The average Bonchev–Trinajstić information content (AvgIpc) is 1.65. The fourth-order valence-corrected chi connectivity index (χ4v) is 11.0. The summed E-state index contributed by atoms with van der Waals surface area (Å²) >= 11 is 16.6. The number of amides is 4. The molecule has 35 heteroatoms. The van der Waals surface area contributed by atoms with Crippen molar-refractivity contribution in [2.75, 3.05) is 38.6 Å². The van der Waals surface area contributed by atoms with Crippen molar-refractivity contribution in [1.82, 2.24) is 29.6 Å². The molecule has 95 heavy (non-hydrogen) atoms. The van der Waals surface area contributed by atoms with Crippen LogP contribution in [0.25, 0.3) is 21.8 Å². The molecule has 4 heterocycles. The Kier molecular flexibility index (Phi) is 27.5. The van der Waals surface area contributed by atoms with Crippen LogP contribution in [0.2, 0.25) is 10.0 Å². The first kappa shape index (κ1) is 76.2. The minimum atomic E-state index is -4.45. The van der Waals surface area contributed by atoms with Gasteiger partial charge in [-0.15, -0.1) is 0 Å². The molecule has 0 bridgehead atoms. The molecule has 2 aromatic heterocycles. The Balaban J connectivity index is 0.000000269. The lowest BCUT2D eigenvalue weighted by Gasteiger charge is -2.24. The van der Waals surface area contributed by atoms with E-state index in [1.165, 1.54) is 108 Å². The number of aromatic nitrogens is 2. The minimum Gasteiger partial charge on any atom is -0.481 e. The number of carbonyl (C=O) groups is 8. The van der Waals surface area contributed by atoms with E-state index in [9.17, 15) is 69.9 Å². The summed E-state index contributed by atoms with van der Waals surface area (Å²) in [6, 6.07) is 15.0. The number of nitrogens with zero attached hydrogens (tertiary/aromatic N) is 4. The molecular formula is C60H67Cl3F4N6O20P2. The van der Waals surface area contributed by atoms with Crippen LogP contribution in [-0.4, -0.2) is 156 Å². The monoisotopic (exact) mass is 1430 g/mol. The quantitative estimate of drug-likeness (QED) is 0.00939. The number of halogens is 7. The predicted molar refractivity (Wildman–Crippen MR) is 335 cm³/mol. The van der Waals surface area contributed by atoms with Crippen LogP contribution in [0.4, 0.5) is 27.2 Å². The SMILES string of the molecule is CC(=O)c1cn(CC(=O)N2C[C@H](F)C[C@H]2C(=O)NCc2cccc(Cl)c2F)c2cc(OCP(=O)(O)O)ccc12.CC(=O)c1cn(CC(=O)N2C[C@H](F)C[C@H]2C(=O)NCc2cccc(Cl)c2F)c2cc(OCP(=O)(O)OCOC(=O)OC(C)C)ccc12.CC(C)OC(=O)OCCl. The third kappa shape index (κ3) is 22.1. The Morgan fingerprint density at radius 2 is 1.03 bits per heavy atom. The minimum absolute atomic E-state index is 0.0768. The third-order valence-electron chi connectivity index (χ3n) is 13.9. The summed E-state index contributed by atoms with van der Waals surface area (Å²) in [6.07, 6.45) is -4.66. The van der Waals surface area contributed by atoms with Gasteiger partial charge in [0.05, 0.1) is 46.4 Å². The molecule has 5 N–H and O–H groups in total. The van der Waals surface area contributed by atoms with E-state index in [0.29, 0.717) is 27.4 Å². The highest BCUT2D eigenvalue weighted by Gasteiger charge is 2.41. The Morgan fingerprint density at radius 3 is 1.42 bits per heavy atom. The molecule has 0 spiro atoms. The van der Waals surface area contributed by atoms with Gasteiger partial charge < -0.3 is 72.7 Å². The zero-order chi connectivity index (χ0) is 70.2. The van der Waals surface area contributed by atoms with E-state index in [1.807, 2.05) is 0 Å². The topological polar surface area (TPSA) is 336 Å². The van der Waals surface area contributed by atoms with Gasteiger partial charge >= 0.3 is 27.5 Å². The highest BCUT2D eigenvalue weighted by Crippen LogP contribution is 2.42. The Labute approximate surface area is 555 Å². The molecule has 8 rings (SSSR count). The normalized spacial score (nSPS) is 16.7. The van der Waals surface area contributed by atoms with E-state index in [-0.39, 0.29) is 108 Å². The fourth-order valence-electron chi connectivity index (χ4n) is 9.61. The molecule has 2 fully saturated rings. The highest BCUT2D eigenvalue weighted by atomic mass is 35.5. The van der Waals surface area contributed by atoms with Crippen molar-refractivity contribution in [1.29, 1.82) is 0 Å². The van der Waals surface area contributed by atoms with Crippen molar-refractivity contribution < 1.29 is 113 Å². The average molecular weight is 1440 g/mol. The lowest BCUT2D eigenvalue weighted by atomic mass is 10.1. The van der Waals surface area contributed by atoms with Crippen LogP contribution in [0.15, 0.2) is 85.2 Å². The van der Waals surface area contributed by atoms with Gasteiger partial charge in [-0.2, -0.15) is 0 Å².